The number of amides is 1. The van der Waals surface area contributed by atoms with Crippen LogP contribution in [-0.4, -0.2) is 34.6 Å². The Bertz CT molecular complexity index is 462. The van der Waals surface area contributed by atoms with Crippen molar-refractivity contribution in [1.82, 2.24) is 4.90 Å². The van der Waals surface area contributed by atoms with Crippen LogP contribution in [0.25, 0.3) is 6.08 Å². The van der Waals surface area contributed by atoms with E-state index >= 15 is 0 Å². The van der Waals surface area contributed by atoms with Gasteiger partial charge in [-0.3, -0.25) is 4.79 Å². The lowest BCUT2D eigenvalue weighted by Crippen LogP contribution is -2.36. The molecule has 1 aromatic heterocycles. The predicted octanol–water partition coefficient (Wildman–Crippen LogP) is 2.36. The van der Waals surface area contributed by atoms with Gasteiger partial charge in [-0.1, -0.05) is 0 Å². The first-order chi connectivity index (χ1) is 9.06. The lowest BCUT2D eigenvalue weighted by molar-refractivity contribution is -0.127. The highest BCUT2D eigenvalue weighted by Crippen LogP contribution is 2.22. The van der Waals surface area contributed by atoms with Crippen LogP contribution in [0.1, 0.15) is 37.7 Å². The molecule has 1 aliphatic rings. The van der Waals surface area contributed by atoms with Crippen LogP contribution in [-0.2, 0) is 4.79 Å². The number of hydrogen-bond acceptors (Lipinski definition) is 3. The molecular weight excluding hydrogens is 242 g/mol. The molecule has 2 heterocycles. The van der Waals surface area contributed by atoms with E-state index in [2.05, 4.69) is 0 Å². The van der Waals surface area contributed by atoms with E-state index in [1.165, 1.54) is 0 Å². The monoisotopic (exact) mass is 263 g/mol. The summed E-state index contributed by atoms with van der Waals surface area (Å²) in [7, 11) is 0. The zero-order chi connectivity index (χ0) is 13.8. The highest BCUT2D eigenvalue weighted by Gasteiger charge is 2.28. The molecule has 1 N–H and O–H groups in total. The quantitative estimate of drug-likeness (QED) is 0.848. The summed E-state index contributed by atoms with van der Waals surface area (Å²) in [6, 6.07) is 3.88. The van der Waals surface area contributed by atoms with E-state index in [1.54, 1.807) is 19.1 Å². The van der Waals surface area contributed by atoms with Crippen molar-refractivity contribution in [2.75, 3.05) is 6.54 Å². The summed E-state index contributed by atoms with van der Waals surface area (Å²) in [6.07, 6.45) is 5.53. The molecule has 104 valence electrons. The first-order valence-electron chi connectivity index (χ1n) is 6.79. The van der Waals surface area contributed by atoms with Crippen LogP contribution in [0, 0.1) is 6.92 Å². The average Bonchev–Trinajstić information content (AvgIpc) is 2.94. The van der Waals surface area contributed by atoms with E-state index in [-0.39, 0.29) is 18.1 Å². The number of nitrogens with zero attached hydrogens (tertiary/aromatic N) is 1. The van der Waals surface area contributed by atoms with Crippen molar-refractivity contribution >= 4 is 12.0 Å². The number of aryl methyl sites for hydroxylation is 1. The highest BCUT2D eigenvalue weighted by atomic mass is 16.3. The molecule has 1 saturated heterocycles. The summed E-state index contributed by atoms with van der Waals surface area (Å²) in [4.78, 5) is 14.0. The number of hydrogen-bond donors (Lipinski definition) is 1. The number of aliphatic hydroxyl groups is 1. The lowest BCUT2D eigenvalue weighted by atomic mass is 10.1. The highest BCUT2D eigenvalue weighted by molar-refractivity contribution is 5.91. The number of aliphatic hydroxyl groups excluding tert-OH is 1. The molecule has 4 heteroatoms. The second-order valence-corrected chi connectivity index (χ2v) is 5.19. The van der Waals surface area contributed by atoms with Gasteiger partial charge in [-0.05, 0) is 51.3 Å². The number of rotatable bonds is 4. The molecule has 1 fully saturated rings. The van der Waals surface area contributed by atoms with Crippen LogP contribution in [0.2, 0.25) is 0 Å². The zero-order valence-electron chi connectivity index (χ0n) is 11.5. The van der Waals surface area contributed by atoms with Crippen molar-refractivity contribution in [3.05, 3.63) is 29.7 Å². The van der Waals surface area contributed by atoms with Gasteiger partial charge in [-0.15, -0.1) is 0 Å². The summed E-state index contributed by atoms with van der Waals surface area (Å²) in [5.41, 5.74) is 0. The van der Waals surface area contributed by atoms with Gasteiger partial charge in [0.1, 0.15) is 11.5 Å². The van der Waals surface area contributed by atoms with Gasteiger partial charge in [-0.25, -0.2) is 0 Å². The van der Waals surface area contributed by atoms with E-state index in [4.69, 9.17) is 4.42 Å². The molecule has 0 radical (unpaired) electrons. The smallest absolute Gasteiger partial charge is 0.246 e. The number of carbonyl (C=O) groups excluding carboxylic acids is 1. The fraction of sp³-hybridized carbons (Fsp3) is 0.533. The second kappa shape index (κ2) is 6.06. The molecule has 19 heavy (non-hydrogen) atoms. The fourth-order valence-corrected chi connectivity index (χ4v) is 2.56. The van der Waals surface area contributed by atoms with Gasteiger partial charge in [0.25, 0.3) is 0 Å². The molecule has 1 aliphatic heterocycles. The Balaban J connectivity index is 1.97. The molecule has 4 nitrogen and oxygen atoms in total. The fourth-order valence-electron chi connectivity index (χ4n) is 2.56. The van der Waals surface area contributed by atoms with Crippen molar-refractivity contribution < 1.29 is 14.3 Å². The van der Waals surface area contributed by atoms with Crippen molar-refractivity contribution in [3.8, 4) is 0 Å². The number of likely N-dealkylation sites (tertiary alicyclic amines) is 1. The summed E-state index contributed by atoms with van der Waals surface area (Å²) in [5.74, 6) is 1.52. The molecular formula is C15H21NO3. The van der Waals surface area contributed by atoms with Gasteiger partial charge < -0.3 is 14.4 Å². The Kier molecular flexibility index (Phi) is 4.43. The lowest BCUT2D eigenvalue weighted by Gasteiger charge is -2.24. The van der Waals surface area contributed by atoms with E-state index in [0.29, 0.717) is 12.2 Å². The van der Waals surface area contributed by atoms with Crippen LogP contribution >= 0.6 is 0 Å². The van der Waals surface area contributed by atoms with Crippen LogP contribution in [0.5, 0.6) is 0 Å². The van der Waals surface area contributed by atoms with Crippen molar-refractivity contribution in [1.29, 1.82) is 0 Å². The SMILES string of the molecule is Cc1ccc(/C=C/C(=O)N2CCC[C@@H]2C[C@H](C)O)o1. The van der Waals surface area contributed by atoms with Crippen molar-refractivity contribution in [3.63, 3.8) is 0 Å². The van der Waals surface area contributed by atoms with Gasteiger partial charge >= 0.3 is 0 Å². The van der Waals surface area contributed by atoms with E-state index in [0.717, 1.165) is 25.1 Å². The van der Waals surface area contributed by atoms with Crippen molar-refractivity contribution in [2.24, 2.45) is 0 Å². The van der Waals surface area contributed by atoms with Crippen LogP contribution in [0.4, 0.5) is 0 Å². The minimum absolute atomic E-state index is 0.00259. The maximum absolute atomic E-state index is 12.1. The third-order valence-corrected chi connectivity index (χ3v) is 3.42. The number of furan rings is 1. The summed E-state index contributed by atoms with van der Waals surface area (Å²) >= 11 is 0. The van der Waals surface area contributed by atoms with Crippen molar-refractivity contribution in [2.45, 2.75) is 45.3 Å². The maximum atomic E-state index is 12.1. The molecule has 2 atom stereocenters. The minimum Gasteiger partial charge on any atom is -0.462 e. The first-order valence-corrected chi connectivity index (χ1v) is 6.79. The van der Waals surface area contributed by atoms with Crippen LogP contribution in [0.3, 0.4) is 0 Å². The molecule has 0 aliphatic carbocycles. The number of carbonyl (C=O) groups is 1. The van der Waals surface area contributed by atoms with Gasteiger partial charge in [-0.2, -0.15) is 0 Å². The molecule has 1 amide bonds. The molecule has 0 unspecified atom stereocenters. The third-order valence-electron chi connectivity index (χ3n) is 3.42. The predicted molar refractivity (Wildman–Crippen MR) is 73.5 cm³/mol. The summed E-state index contributed by atoms with van der Waals surface area (Å²) in [6.45, 7) is 4.42. The average molecular weight is 263 g/mol. The van der Waals surface area contributed by atoms with Gasteiger partial charge in [0.15, 0.2) is 0 Å². The first kappa shape index (κ1) is 13.9. The van der Waals surface area contributed by atoms with Crippen LogP contribution < -0.4 is 0 Å². The summed E-state index contributed by atoms with van der Waals surface area (Å²) in [5, 5.41) is 9.45. The Morgan fingerprint density at radius 1 is 1.63 bits per heavy atom. The normalized spacial score (nSPS) is 21.2. The maximum Gasteiger partial charge on any atom is 0.246 e. The Hall–Kier alpha value is -1.55. The molecule has 1 aromatic rings. The van der Waals surface area contributed by atoms with E-state index in [1.807, 2.05) is 24.0 Å². The molecule has 0 aromatic carbocycles. The molecule has 0 bridgehead atoms. The molecule has 0 spiro atoms. The molecule has 0 saturated carbocycles. The van der Waals surface area contributed by atoms with Gasteiger partial charge in [0, 0.05) is 18.7 Å². The second-order valence-electron chi connectivity index (χ2n) is 5.19. The van der Waals surface area contributed by atoms with Gasteiger partial charge in [0.2, 0.25) is 5.91 Å². The summed E-state index contributed by atoms with van der Waals surface area (Å²) < 4.78 is 5.39. The Morgan fingerprint density at radius 3 is 3.05 bits per heavy atom. The minimum atomic E-state index is -0.366. The standard InChI is InChI=1S/C15H21NO3/c1-11(17)10-13-4-3-9-16(13)15(18)8-7-14-6-5-12(2)19-14/h5-8,11,13,17H,3-4,9-10H2,1-2H3/b8-7+/t11-,13+/m0/s1. The van der Waals surface area contributed by atoms with Gasteiger partial charge in [0.05, 0.1) is 6.10 Å². The third kappa shape index (κ3) is 3.70. The zero-order valence-corrected chi connectivity index (χ0v) is 11.5. The van der Waals surface area contributed by atoms with E-state index < -0.39 is 0 Å². The van der Waals surface area contributed by atoms with Crippen LogP contribution in [0.15, 0.2) is 22.6 Å². The largest absolute Gasteiger partial charge is 0.462 e. The molecule has 2 rings (SSSR count). The van der Waals surface area contributed by atoms with E-state index in [9.17, 15) is 9.90 Å². The Labute approximate surface area is 113 Å². The topological polar surface area (TPSA) is 53.7 Å². The Morgan fingerprint density at radius 2 is 2.42 bits per heavy atom.